The van der Waals surface area contributed by atoms with Crippen LogP contribution in [-0.2, 0) is 20.8 Å². The molecule has 1 rings (SSSR count). The van der Waals surface area contributed by atoms with E-state index in [-0.39, 0.29) is 12.5 Å². The normalized spacial score (nSPS) is 14.2. The van der Waals surface area contributed by atoms with Crippen LogP contribution in [0.15, 0.2) is 30.3 Å². The van der Waals surface area contributed by atoms with Gasteiger partial charge >= 0.3 is 0 Å². The van der Waals surface area contributed by atoms with Crippen molar-refractivity contribution >= 4 is 17.6 Å². The number of ketones is 1. The van der Waals surface area contributed by atoms with Crippen molar-refractivity contribution in [1.82, 2.24) is 10.6 Å². The number of Topliss-reactive ketones (excluding diaryl/α,β-unsaturated/α-hetero) is 1. The minimum absolute atomic E-state index is 0.121. The molecule has 0 aromatic heterocycles. The summed E-state index contributed by atoms with van der Waals surface area (Å²) < 4.78 is 0. The van der Waals surface area contributed by atoms with Gasteiger partial charge in [0.1, 0.15) is 12.6 Å². The van der Waals surface area contributed by atoms with E-state index in [1.165, 1.54) is 0 Å². The third kappa shape index (κ3) is 6.93. The van der Waals surface area contributed by atoms with Crippen LogP contribution in [0.2, 0.25) is 0 Å². The standard InChI is InChI=1S/C19H29N3O4/c1-3-13(2)18(22-17(25)11-20)19(26)21-15(16(24)12-23)10-9-14-7-5-4-6-8-14/h4-8,13,15,18,23H,3,9-12,20H2,1-2H3,(H,21,26)(H,22,25). The van der Waals surface area contributed by atoms with Crippen molar-refractivity contribution in [3.05, 3.63) is 35.9 Å². The second kappa shape index (κ2) is 11.4. The monoisotopic (exact) mass is 363 g/mol. The fourth-order valence-corrected chi connectivity index (χ4v) is 2.58. The number of benzene rings is 1. The number of hydrogen-bond acceptors (Lipinski definition) is 5. The molecule has 0 aliphatic rings. The average Bonchev–Trinajstić information content (AvgIpc) is 2.68. The van der Waals surface area contributed by atoms with E-state index in [1.54, 1.807) is 0 Å². The van der Waals surface area contributed by atoms with Gasteiger partial charge in [-0.2, -0.15) is 0 Å². The molecule has 0 heterocycles. The van der Waals surface area contributed by atoms with Gasteiger partial charge < -0.3 is 21.5 Å². The highest BCUT2D eigenvalue weighted by Crippen LogP contribution is 2.10. The zero-order chi connectivity index (χ0) is 19.5. The van der Waals surface area contributed by atoms with Crippen LogP contribution in [-0.4, -0.2) is 47.9 Å². The van der Waals surface area contributed by atoms with E-state index in [9.17, 15) is 19.5 Å². The summed E-state index contributed by atoms with van der Waals surface area (Å²) in [7, 11) is 0. The Hall–Kier alpha value is -2.25. The molecule has 3 unspecified atom stereocenters. The number of nitrogens with one attached hydrogen (secondary N) is 2. The van der Waals surface area contributed by atoms with Gasteiger partial charge in [0.2, 0.25) is 11.8 Å². The number of amides is 2. The Morgan fingerprint density at radius 2 is 1.81 bits per heavy atom. The van der Waals surface area contributed by atoms with E-state index in [0.29, 0.717) is 19.3 Å². The highest BCUT2D eigenvalue weighted by atomic mass is 16.3. The molecule has 0 saturated carbocycles. The SMILES string of the molecule is CCC(C)C(NC(=O)CN)C(=O)NC(CCc1ccccc1)C(=O)CO. The molecule has 2 amide bonds. The van der Waals surface area contributed by atoms with Crippen molar-refractivity contribution in [3.8, 4) is 0 Å². The van der Waals surface area contributed by atoms with Crippen LogP contribution in [0.5, 0.6) is 0 Å². The van der Waals surface area contributed by atoms with Crippen molar-refractivity contribution in [1.29, 1.82) is 0 Å². The third-order valence-corrected chi connectivity index (χ3v) is 4.42. The first-order chi connectivity index (χ1) is 12.4. The van der Waals surface area contributed by atoms with Crippen LogP contribution in [0.3, 0.4) is 0 Å². The summed E-state index contributed by atoms with van der Waals surface area (Å²) >= 11 is 0. The smallest absolute Gasteiger partial charge is 0.243 e. The predicted octanol–water partition coefficient (Wildman–Crippen LogP) is 0.155. The second-order valence-electron chi connectivity index (χ2n) is 6.34. The number of aryl methyl sites for hydroxylation is 1. The summed E-state index contributed by atoms with van der Waals surface area (Å²) in [6.45, 7) is 2.88. The van der Waals surface area contributed by atoms with Crippen LogP contribution in [0.1, 0.15) is 32.3 Å². The van der Waals surface area contributed by atoms with Crippen molar-refractivity contribution in [3.63, 3.8) is 0 Å². The Labute approximate surface area is 154 Å². The van der Waals surface area contributed by atoms with E-state index >= 15 is 0 Å². The number of carbonyl (C=O) groups is 3. The van der Waals surface area contributed by atoms with Crippen LogP contribution < -0.4 is 16.4 Å². The van der Waals surface area contributed by atoms with Crippen molar-refractivity contribution < 1.29 is 19.5 Å². The number of aliphatic hydroxyl groups excluding tert-OH is 1. The zero-order valence-corrected chi connectivity index (χ0v) is 15.4. The molecule has 0 bridgehead atoms. The van der Waals surface area contributed by atoms with Crippen LogP contribution >= 0.6 is 0 Å². The quantitative estimate of drug-likeness (QED) is 0.446. The van der Waals surface area contributed by atoms with E-state index < -0.39 is 36.3 Å². The molecule has 5 N–H and O–H groups in total. The summed E-state index contributed by atoms with van der Waals surface area (Å²) in [6, 6.07) is 7.99. The number of nitrogens with two attached hydrogens (primary N) is 1. The minimum atomic E-state index is -0.811. The van der Waals surface area contributed by atoms with Crippen molar-refractivity contribution in [2.75, 3.05) is 13.2 Å². The Balaban J connectivity index is 2.81. The van der Waals surface area contributed by atoms with Gasteiger partial charge in [-0.3, -0.25) is 14.4 Å². The fraction of sp³-hybridized carbons (Fsp3) is 0.526. The summed E-state index contributed by atoms with van der Waals surface area (Å²) in [4.78, 5) is 36.3. The van der Waals surface area contributed by atoms with E-state index in [1.807, 2.05) is 44.2 Å². The first kappa shape index (κ1) is 21.8. The molecule has 144 valence electrons. The predicted molar refractivity (Wildman–Crippen MR) is 99.2 cm³/mol. The summed E-state index contributed by atoms with van der Waals surface area (Å²) in [6.07, 6.45) is 1.62. The Morgan fingerprint density at radius 3 is 2.35 bits per heavy atom. The van der Waals surface area contributed by atoms with Crippen LogP contribution in [0.25, 0.3) is 0 Å². The van der Waals surface area contributed by atoms with E-state index in [2.05, 4.69) is 10.6 Å². The maximum absolute atomic E-state index is 12.6. The molecule has 0 aliphatic carbocycles. The van der Waals surface area contributed by atoms with Crippen LogP contribution in [0, 0.1) is 5.92 Å². The molecule has 1 aromatic rings. The topological polar surface area (TPSA) is 122 Å². The number of rotatable bonds is 11. The van der Waals surface area contributed by atoms with Gasteiger partial charge in [-0.15, -0.1) is 0 Å². The highest BCUT2D eigenvalue weighted by Gasteiger charge is 2.29. The third-order valence-electron chi connectivity index (χ3n) is 4.42. The Morgan fingerprint density at radius 1 is 1.15 bits per heavy atom. The van der Waals surface area contributed by atoms with Crippen molar-refractivity contribution in [2.24, 2.45) is 11.7 Å². The fourth-order valence-electron chi connectivity index (χ4n) is 2.58. The molecule has 7 heteroatoms. The lowest BCUT2D eigenvalue weighted by molar-refractivity contribution is -0.133. The lowest BCUT2D eigenvalue weighted by atomic mass is 9.96. The van der Waals surface area contributed by atoms with Crippen molar-refractivity contribution in [2.45, 2.75) is 45.2 Å². The number of carbonyl (C=O) groups excluding carboxylic acids is 3. The molecular weight excluding hydrogens is 334 g/mol. The number of aliphatic hydroxyl groups is 1. The summed E-state index contributed by atoms with van der Waals surface area (Å²) in [5.41, 5.74) is 6.35. The first-order valence-electron chi connectivity index (χ1n) is 8.90. The second-order valence-corrected chi connectivity index (χ2v) is 6.34. The highest BCUT2D eigenvalue weighted by molar-refractivity contribution is 5.93. The van der Waals surface area contributed by atoms with Gasteiger partial charge in [0, 0.05) is 0 Å². The lowest BCUT2D eigenvalue weighted by Crippen LogP contribution is -2.55. The number of hydrogen-bond donors (Lipinski definition) is 4. The molecule has 0 saturated heterocycles. The summed E-state index contributed by atoms with van der Waals surface area (Å²) in [5, 5.41) is 14.5. The maximum Gasteiger partial charge on any atom is 0.243 e. The lowest BCUT2D eigenvalue weighted by Gasteiger charge is -2.26. The van der Waals surface area contributed by atoms with Gasteiger partial charge in [0.05, 0.1) is 12.6 Å². The molecule has 0 fully saturated rings. The average molecular weight is 363 g/mol. The Kier molecular flexibility index (Phi) is 9.54. The van der Waals surface area contributed by atoms with Gasteiger partial charge in [-0.05, 0) is 24.3 Å². The van der Waals surface area contributed by atoms with Gasteiger partial charge in [-0.25, -0.2) is 0 Å². The molecule has 1 aromatic carbocycles. The van der Waals surface area contributed by atoms with Gasteiger partial charge in [0.15, 0.2) is 5.78 Å². The zero-order valence-electron chi connectivity index (χ0n) is 15.4. The maximum atomic E-state index is 12.6. The summed E-state index contributed by atoms with van der Waals surface area (Å²) in [5.74, 6) is -1.45. The molecule has 26 heavy (non-hydrogen) atoms. The molecule has 3 atom stereocenters. The Bertz CT molecular complexity index is 592. The van der Waals surface area contributed by atoms with Gasteiger partial charge in [0.25, 0.3) is 0 Å². The molecule has 0 aliphatic heterocycles. The van der Waals surface area contributed by atoms with Crippen LogP contribution in [0.4, 0.5) is 0 Å². The van der Waals surface area contributed by atoms with E-state index in [0.717, 1.165) is 5.56 Å². The first-order valence-corrected chi connectivity index (χ1v) is 8.90. The molecule has 0 spiro atoms. The largest absolute Gasteiger partial charge is 0.389 e. The minimum Gasteiger partial charge on any atom is -0.389 e. The molecular formula is C19H29N3O4. The molecule has 7 nitrogen and oxygen atoms in total. The van der Waals surface area contributed by atoms with Gasteiger partial charge in [-0.1, -0.05) is 50.6 Å². The molecule has 0 radical (unpaired) electrons. The van der Waals surface area contributed by atoms with E-state index in [4.69, 9.17) is 5.73 Å².